The van der Waals surface area contributed by atoms with Crippen LogP contribution in [0.25, 0.3) is 5.78 Å². The highest BCUT2D eigenvalue weighted by Crippen LogP contribution is 2.31. The van der Waals surface area contributed by atoms with Crippen molar-refractivity contribution >= 4 is 11.7 Å². The number of amides is 1. The van der Waals surface area contributed by atoms with E-state index in [1.807, 2.05) is 11.0 Å². The monoisotopic (exact) mass is 339 g/mol. The Morgan fingerprint density at radius 1 is 1.16 bits per heavy atom. The molecular formula is C18H18FN5O. The zero-order chi connectivity index (χ0) is 17.2. The van der Waals surface area contributed by atoms with Crippen LogP contribution >= 0.6 is 0 Å². The standard InChI is InChI=1S/C18H18FN5O/c19-14-6-4-13(5-7-14)11-17(25)23-10-2-1-3-15(23)16-8-9-20-18-21-12-22-24(16)18/h4-9,12,15H,1-3,10-11H2/t15-/m0/s1. The van der Waals surface area contributed by atoms with E-state index in [2.05, 4.69) is 15.1 Å². The minimum absolute atomic E-state index is 0.0429. The topological polar surface area (TPSA) is 63.4 Å². The lowest BCUT2D eigenvalue weighted by molar-refractivity contribution is -0.134. The Hall–Kier alpha value is -2.83. The summed E-state index contributed by atoms with van der Waals surface area (Å²) in [6, 6.07) is 7.95. The Morgan fingerprint density at radius 3 is 2.84 bits per heavy atom. The number of hydrogen-bond donors (Lipinski definition) is 0. The molecule has 0 aliphatic carbocycles. The predicted molar refractivity (Wildman–Crippen MR) is 89.2 cm³/mol. The number of piperidine rings is 1. The summed E-state index contributed by atoms with van der Waals surface area (Å²) >= 11 is 0. The van der Waals surface area contributed by atoms with Crippen molar-refractivity contribution in [3.63, 3.8) is 0 Å². The first kappa shape index (κ1) is 15.7. The Labute approximate surface area is 144 Å². The van der Waals surface area contributed by atoms with Crippen LogP contribution in [-0.2, 0) is 11.2 Å². The lowest BCUT2D eigenvalue weighted by Gasteiger charge is -2.36. The Kier molecular flexibility index (Phi) is 4.13. The molecule has 0 N–H and O–H groups in total. The maximum atomic E-state index is 13.1. The van der Waals surface area contributed by atoms with E-state index < -0.39 is 0 Å². The molecule has 1 atom stereocenters. The number of carbonyl (C=O) groups excluding carboxylic acids is 1. The highest BCUT2D eigenvalue weighted by atomic mass is 19.1. The minimum atomic E-state index is -0.294. The summed E-state index contributed by atoms with van der Waals surface area (Å²) in [5.41, 5.74) is 1.74. The van der Waals surface area contributed by atoms with Crippen LogP contribution in [0, 0.1) is 5.82 Å². The van der Waals surface area contributed by atoms with Crippen molar-refractivity contribution in [2.45, 2.75) is 31.7 Å². The van der Waals surface area contributed by atoms with Crippen molar-refractivity contribution in [2.24, 2.45) is 0 Å². The molecule has 1 amide bonds. The smallest absolute Gasteiger partial charge is 0.252 e. The largest absolute Gasteiger partial charge is 0.334 e. The van der Waals surface area contributed by atoms with E-state index >= 15 is 0 Å². The third-order valence-corrected chi connectivity index (χ3v) is 4.64. The molecule has 1 fully saturated rings. The number of fused-ring (bicyclic) bond motifs is 1. The number of benzene rings is 1. The van der Waals surface area contributed by atoms with Crippen molar-refractivity contribution < 1.29 is 9.18 Å². The lowest BCUT2D eigenvalue weighted by atomic mass is 9.98. The summed E-state index contributed by atoms with van der Waals surface area (Å²) in [6.07, 6.45) is 6.37. The number of likely N-dealkylation sites (tertiary alicyclic amines) is 1. The molecule has 0 spiro atoms. The maximum Gasteiger partial charge on any atom is 0.252 e. The third kappa shape index (κ3) is 3.09. The average Bonchev–Trinajstić information content (AvgIpc) is 3.12. The molecule has 3 aromatic rings. The summed E-state index contributed by atoms with van der Waals surface area (Å²) in [7, 11) is 0. The second-order valence-corrected chi connectivity index (χ2v) is 6.24. The first-order valence-electron chi connectivity index (χ1n) is 8.41. The van der Waals surface area contributed by atoms with Crippen molar-refractivity contribution in [3.05, 3.63) is 59.9 Å². The van der Waals surface area contributed by atoms with Gasteiger partial charge in [0.15, 0.2) is 0 Å². The molecule has 1 aliphatic rings. The highest BCUT2D eigenvalue weighted by Gasteiger charge is 2.30. The van der Waals surface area contributed by atoms with Crippen LogP contribution < -0.4 is 0 Å². The van der Waals surface area contributed by atoms with Crippen LogP contribution in [0.5, 0.6) is 0 Å². The van der Waals surface area contributed by atoms with Crippen LogP contribution in [0.15, 0.2) is 42.9 Å². The van der Waals surface area contributed by atoms with Crippen LogP contribution in [0.2, 0.25) is 0 Å². The van der Waals surface area contributed by atoms with Gasteiger partial charge >= 0.3 is 0 Å². The van der Waals surface area contributed by atoms with E-state index in [-0.39, 0.29) is 24.2 Å². The van der Waals surface area contributed by atoms with Gasteiger partial charge in [0.05, 0.1) is 18.2 Å². The van der Waals surface area contributed by atoms with Gasteiger partial charge in [-0.1, -0.05) is 12.1 Å². The molecule has 0 unspecified atom stereocenters. The molecule has 0 radical (unpaired) electrons. The van der Waals surface area contributed by atoms with Crippen molar-refractivity contribution in [2.75, 3.05) is 6.54 Å². The molecular weight excluding hydrogens is 321 g/mol. The Balaban J connectivity index is 1.61. The highest BCUT2D eigenvalue weighted by molar-refractivity contribution is 5.79. The number of rotatable bonds is 3. The molecule has 7 heteroatoms. The van der Waals surface area contributed by atoms with E-state index in [0.29, 0.717) is 12.3 Å². The maximum absolute atomic E-state index is 13.1. The molecule has 128 valence electrons. The van der Waals surface area contributed by atoms with Crippen molar-refractivity contribution in [1.82, 2.24) is 24.5 Å². The predicted octanol–water partition coefficient (Wildman–Crippen LogP) is 2.56. The van der Waals surface area contributed by atoms with Crippen LogP contribution in [0.4, 0.5) is 4.39 Å². The van der Waals surface area contributed by atoms with Crippen LogP contribution in [0.1, 0.15) is 36.6 Å². The summed E-state index contributed by atoms with van der Waals surface area (Å²) < 4.78 is 14.8. The number of aromatic nitrogens is 4. The van der Waals surface area contributed by atoms with Gasteiger partial charge in [-0.3, -0.25) is 4.79 Å². The first-order valence-corrected chi connectivity index (χ1v) is 8.41. The number of halogens is 1. The third-order valence-electron chi connectivity index (χ3n) is 4.64. The molecule has 4 rings (SSSR count). The van der Waals surface area contributed by atoms with E-state index in [1.54, 1.807) is 22.8 Å². The minimum Gasteiger partial charge on any atom is -0.334 e. The van der Waals surface area contributed by atoms with Gasteiger partial charge in [0.2, 0.25) is 5.91 Å². The van der Waals surface area contributed by atoms with E-state index in [4.69, 9.17) is 0 Å². The zero-order valence-corrected chi connectivity index (χ0v) is 13.7. The van der Waals surface area contributed by atoms with E-state index in [1.165, 1.54) is 18.5 Å². The quantitative estimate of drug-likeness (QED) is 0.736. The zero-order valence-electron chi connectivity index (χ0n) is 13.7. The molecule has 1 aromatic carbocycles. The molecule has 0 bridgehead atoms. The van der Waals surface area contributed by atoms with Gasteiger partial charge in [-0.15, -0.1) is 0 Å². The van der Waals surface area contributed by atoms with Crippen molar-refractivity contribution in [3.8, 4) is 0 Å². The number of carbonyl (C=O) groups is 1. The van der Waals surface area contributed by atoms with Gasteiger partial charge in [0.25, 0.3) is 5.78 Å². The lowest BCUT2D eigenvalue weighted by Crippen LogP contribution is -2.40. The molecule has 6 nitrogen and oxygen atoms in total. The number of nitrogens with zero attached hydrogens (tertiary/aromatic N) is 5. The van der Waals surface area contributed by atoms with Gasteiger partial charge in [-0.25, -0.2) is 9.37 Å². The summed E-state index contributed by atoms with van der Waals surface area (Å²) in [5, 5.41) is 4.24. The van der Waals surface area contributed by atoms with Crippen LogP contribution in [-0.4, -0.2) is 36.9 Å². The summed E-state index contributed by atoms with van der Waals surface area (Å²) in [6.45, 7) is 0.712. The molecule has 1 saturated heterocycles. The fraction of sp³-hybridized carbons (Fsp3) is 0.333. The fourth-order valence-corrected chi connectivity index (χ4v) is 3.42. The number of hydrogen-bond acceptors (Lipinski definition) is 4. The molecule has 25 heavy (non-hydrogen) atoms. The molecule has 2 aromatic heterocycles. The fourth-order valence-electron chi connectivity index (χ4n) is 3.42. The molecule has 3 heterocycles. The Bertz CT molecular complexity index is 892. The van der Waals surface area contributed by atoms with Gasteiger partial charge in [0.1, 0.15) is 12.1 Å². The van der Waals surface area contributed by atoms with Crippen LogP contribution in [0.3, 0.4) is 0 Å². The first-order chi connectivity index (χ1) is 12.2. The molecule has 1 aliphatic heterocycles. The van der Waals surface area contributed by atoms with Gasteiger partial charge in [-0.2, -0.15) is 14.6 Å². The van der Waals surface area contributed by atoms with Gasteiger partial charge in [0, 0.05) is 12.7 Å². The normalized spacial score (nSPS) is 17.8. The van der Waals surface area contributed by atoms with Gasteiger partial charge in [-0.05, 0) is 43.0 Å². The second-order valence-electron chi connectivity index (χ2n) is 6.24. The molecule has 0 saturated carbocycles. The van der Waals surface area contributed by atoms with Crippen molar-refractivity contribution in [1.29, 1.82) is 0 Å². The van der Waals surface area contributed by atoms with E-state index in [9.17, 15) is 9.18 Å². The SMILES string of the molecule is O=C(Cc1ccc(F)cc1)N1CCCC[C@H]1c1ccnc2ncnn12. The summed E-state index contributed by atoms with van der Waals surface area (Å²) in [5.74, 6) is 0.285. The summed E-state index contributed by atoms with van der Waals surface area (Å²) in [4.78, 5) is 23.1. The second kappa shape index (κ2) is 6.58. The average molecular weight is 339 g/mol. The van der Waals surface area contributed by atoms with Gasteiger partial charge < -0.3 is 4.90 Å². The van der Waals surface area contributed by atoms with E-state index in [0.717, 1.165) is 30.5 Å². The Morgan fingerprint density at radius 2 is 2.00 bits per heavy atom.